The van der Waals surface area contributed by atoms with Crippen LogP contribution >= 0.6 is 0 Å². The molecule has 1 amide bonds. The highest BCUT2D eigenvalue weighted by molar-refractivity contribution is 7.89. The summed E-state index contributed by atoms with van der Waals surface area (Å²) in [5.41, 5.74) is 0.729. The zero-order valence-corrected chi connectivity index (χ0v) is 14.9. The number of rotatable bonds is 4. The number of sulfonamides is 1. The van der Waals surface area contributed by atoms with Crippen molar-refractivity contribution in [2.75, 3.05) is 18.4 Å². The fraction of sp³-hybridized carbons (Fsp3) is 0.316. The zero-order chi connectivity index (χ0) is 18.1. The molecule has 7 heteroatoms. The van der Waals surface area contributed by atoms with E-state index in [0.29, 0.717) is 6.42 Å². The summed E-state index contributed by atoms with van der Waals surface area (Å²) in [6.07, 6.45) is -0.140. The number of morpholine rings is 1. The first-order chi connectivity index (χ1) is 12.5. The normalized spacial score (nSPS) is 25.8. The Labute approximate surface area is 152 Å². The van der Waals surface area contributed by atoms with Gasteiger partial charge in [0.25, 0.3) is 0 Å². The van der Waals surface area contributed by atoms with E-state index in [4.69, 9.17) is 4.74 Å². The van der Waals surface area contributed by atoms with Crippen molar-refractivity contribution in [2.24, 2.45) is 5.92 Å². The van der Waals surface area contributed by atoms with Crippen molar-refractivity contribution in [3.8, 4) is 0 Å². The summed E-state index contributed by atoms with van der Waals surface area (Å²) in [6.45, 7) is 0.476. The second-order valence-corrected chi connectivity index (χ2v) is 8.57. The van der Waals surface area contributed by atoms with Crippen molar-refractivity contribution in [3.05, 3.63) is 60.7 Å². The molecule has 4 rings (SSSR count). The predicted molar refractivity (Wildman–Crippen MR) is 97.0 cm³/mol. The maximum absolute atomic E-state index is 12.8. The highest BCUT2D eigenvalue weighted by Gasteiger charge is 2.47. The highest BCUT2D eigenvalue weighted by atomic mass is 32.2. The van der Waals surface area contributed by atoms with Crippen LogP contribution in [0.3, 0.4) is 0 Å². The smallest absolute Gasteiger partial charge is 0.243 e. The minimum atomic E-state index is -3.57. The van der Waals surface area contributed by atoms with E-state index < -0.39 is 16.1 Å². The molecule has 0 aromatic heterocycles. The Balaban J connectivity index is 1.49. The average molecular weight is 372 g/mol. The number of nitrogens with one attached hydrogen (secondary N) is 1. The maximum Gasteiger partial charge on any atom is 0.243 e. The first-order valence-electron chi connectivity index (χ1n) is 8.60. The van der Waals surface area contributed by atoms with E-state index in [9.17, 15) is 13.2 Å². The number of hydrogen-bond donors (Lipinski definition) is 1. The fourth-order valence-electron chi connectivity index (χ4n) is 3.59. The van der Waals surface area contributed by atoms with Gasteiger partial charge in [0.05, 0.1) is 23.0 Å². The Kier molecular flexibility index (Phi) is 4.52. The van der Waals surface area contributed by atoms with Gasteiger partial charge in [0, 0.05) is 18.8 Å². The summed E-state index contributed by atoms with van der Waals surface area (Å²) >= 11 is 0. The average Bonchev–Trinajstić information content (AvgIpc) is 2.97. The first-order valence-corrected chi connectivity index (χ1v) is 10.0. The van der Waals surface area contributed by atoms with E-state index in [1.54, 1.807) is 30.3 Å². The van der Waals surface area contributed by atoms with Crippen LogP contribution in [0, 0.1) is 5.92 Å². The van der Waals surface area contributed by atoms with Gasteiger partial charge in [0.15, 0.2) is 0 Å². The SMILES string of the molecule is O=C(Nc1ccccc1)[C@H]1C[C@@H]2CN(S(=O)(=O)c3ccccc3)C[C@H]1O2. The van der Waals surface area contributed by atoms with Crippen LogP contribution in [0.25, 0.3) is 0 Å². The molecule has 2 aromatic rings. The third-order valence-corrected chi connectivity index (χ3v) is 6.73. The van der Waals surface area contributed by atoms with Crippen molar-refractivity contribution < 1.29 is 17.9 Å². The van der Waals surface area contributed by atoms with Crippen LogP contribution in [0.2, 0.25) is 0 Å². The van der Waals surface area contributed by atoms with E-state index in [1.165, 1.54) is 4.31 Å². The summed E-state index contributed by atoms with van der Waals surface area (Å²) in [5.74, 6) is -0.473. The van der Waals surface area contributed by atoms with Crippen molar-refractivity contribution >= 4 is 21.6 Å². The highest BCUT2D eigenvalue weighted by Crippen LogP contribution is 2.35. The van der Waals surface area contributed by atoms with Gasteiger partial charge in [-0.15, -0.1) is 0 Å². The van der Waals surface area contributed by atoms with Crippen molar-refractivity contribution in [1.82, 2.24) is 4.31 Å². The fourth-order valence-corrected chi connectivity index (χ4v) is 5.10. The monoisotopic (exact) mass is 372 g/mol. The minimum Gasteiger partial charge on any atom is -0.371 e. The van der Waals surface area contributed by atoms with E-state index in [0.717, 1.165) is 5.69 Å². The lowest BCUT2D eigenvalue weighted by atomic mass is 9.99. The summed E-state index contributed by atoms with van der Waals surface area (Å²) < 4.78 is 33.0. The summed E-state index contributed by atoms with van der Waals surface area (Å²) in [4.78, 5) is 12.9. The number of carbonyl (C=O) groups is 1. The van der Waals surface area contributed by atoms with Crippen LogP contribution in [0.1, 0.15) is 6.42 Å². The number of ether oxygens (including phenoxy) is 1. The number of para-hydroxylation sites is 1. The van der Waals surface area contributed by atoms with Crippen LogP contribution < -0.4 is 5.32 Å². The lowest BCUT2D eigenvalue weighted by Gasteiger charge is -2.31. The standard InChI is InChI=1S/C19H20N2O4S/c22-19(20-14-7-3-1-4-8-14)17-11-15-12-21(13-18(17)25-15)26(23,24)16-9-5-2-6-10-16/h1-10,15,17-18H,11-13H2,(H,20,22)/t15-,17+,18-/m1/s1. The molecule has 2 heterocycles. The number of carbonyl (C=O) groups excluding carboxylic acids is 1. The second kappa shape index (κ2) is 6.83. The second-order valence-electron chi connectivity index (χ2n) is 6.63. The van der Waals surface area contributed by atoms with Gasteiger partial charge in [-0.3, -0.25) is 4.79 Å². The molecular formula is C19H20N2O4S. The van der Waals surface area contributed by atoms with Crippen LogP contribution in [0.15, 0.2) is 65.6 Å². The molecule has 6 nitrogen and oxygen atoms in total. The zero-order valence-electron chi connectivity index (χ0n) is 14.1. The van der Waals surface area contributed by atoms with Gasteiger partial charge < -0.3 is 10.1 Å². The van der Waals surface area contributed by atoms with Gasteiger partial charge in [-0.1, -0.05) is 36.4 Å². The Morgan fingerprint density at radius 1 is 1.00 bits per heavy atom. The molecular weight excluding hydrogens is 352 g/mol. The number of amides is 1. The molecule has 2 aromatic carbocycles. The number of hydrogen-bond acceptors (Lipinski definition) is 4. The molecule has 0 aliphatic carbocycles. The Morgan fingerprint density at radius 3 is 2.35 bits per heavy atom. The molecule has 2 aliphatic heterocycles. The number of nitrogens with zero attached hydrogens (tertiary/aromatic N) is 1. The Morgan fingerprint density at radius 2 is 1.65 bits per heavy atom. The van der Waals surface area contributed by atoms with E-state index in [2.05, 4.69) is 5.32 Å². The minimum absolute atomic E-state index is 0.123. The number of anilines is 1. The Hall–Kier alpha value is -2.22. The molecule has 0 radical (unpaired) electrons. The molecule has 0 saturated carbocycles. The van der Waals surface area contributed by atoms with Crippen molar-refractivity contribution in [3.63, 3.8) is 0 Å². The van der Waals surface area contributed by atoms with Crippen LogP contribution in [0.5, 0.6) is 0 Å². The maximum atomic E-state index is 12.8. The quantitative estimate of drug-likeness (QED) is 0.892. The lowest BCUT2D eigenvalue weighted by Crippen LogP contribution is -2.47. The molecule has 2 aliphatic rings. The van der Waals surface area contributed by atoms with E-state index in [-0.39, 0.29) is 35.9 Å². The van der Waals surface area contributed by atoms with Gasteiger partial charge in [-0.2, -0.15) is 4.31 Å². The molecule has 136 valence electrons. The summed E-state index contributed by atoms with van der Waals surface area (Å²) in [7, 11) is -3.57. The molecule has 1 N–H and O–H groups in total. The van der Waals surface area contributed by atoms with Gasteiger partial charge >= 0.3 is 0 Å². The lowest BCUT2D eigenvalue weighted by molar-refractivity contribution is -0.122. The summed E-state index contributed by atoms with van der Waals surface area (Å²) in [6, 6.07) is 17.6. The van der Waals surface area contributed by atoms with E-state index in [1.807, 2.05) is 30.3 Å². The van der Waals surface area contributed by atoms with Crippen LogP contribution in [-0.4, -0.2) is 43.9 Å². The summed E-state index contributed by atoms with van der Waals surface area (Å²) in [5, 5.41) is 2.89. The third kappa shape index (κ3) is 3.25. The molecule has 3 atom stereocenters. The largest absolute Gasteiger partial charge is 0.371 e. The predicted octanol–water partition coefficient (Wildman–Crippen LogP) is 2.10. The van der Waals surface area contributed by atoms with Gasteiger partial charge in [0.1, 0.15) is 0 Å². The first kappa shape index (κ1) is 17.2. The number of benzene rings is 2. The van der Waals surface area contributed by atoms with Crippen molar-refractivity contribution in [2.45, 2.75) is 23.5 Å². The van der Waals surface area contributed by atoms with Crippen molar-refractivity contribution in [1.29, 1.82) is 0 Å². The number of fused-ring (bicyclic) bond motifs is 2. The molecule has 26 heavy (non-hydrogen) atoms. The van der Waals surface area contributed by atoms with Gasteiger partial charge in [0.2, 0.25) is 15.9 Å². The molecule has 2 fully saturated rings. The van der Waals surface area contributed by atoms with Crippen LogP contribution in [-0.2, 0) is 19.6 Å². The molecule has 0 unspecified atom stereocenters. The molecule has 2 bridgehead atoms. The topological polar surface area (TPSA) is 75.7 Å². The molecule has 0 spiro atoms. The van der Waals surface area contributed by atoms with E-state index >= 15 is 0 Å². The third-order valence-electron chi connectivity index (χ3n) is 4.88. The van der Waals surface area contributed by atoms with Gasteiger partial charge in [-0.05, 0) is 30.7 Å². The Bertz CT molecular complexity index is 886. The molecule has 2 saturated heterocycles. The van der Waals surface area contributed by atoms with Crippen LogP contribution in [0.4, 0.5) is 5.69 Å². The van der Waals surface area contributed by atoms with Gasteiger partial charge in [-0.25, -0.2) is 8.42 Å².